The van der Waals surface area contributed by atoms with Gasteiger partial charge in [-0.1, -0.05) is 24.3 Å². The van der Waals surface area contributed by atoms with Crippen LogP contribution in [-0.4, -0.2) is 16.2 Å². The Hall–Kier alpha value is -2.50. The monoisotopic (exact) mass is 334 g/mol. The molecule has 0 fully saturated rings. The first kappa shape index (κ1) is 16.4. The number of aryl methyl sites for hydroxylation is 1. The topological polar surface area (TPSA) is 27.1 Å². The van der Waals surface area contributed by atoms with Crippen molar-refractivity contribution >= 4 is 11.0 Å². The van der Waals surface area contributed by atoms with Crippen LogP contribution in [0.15, 0.2) is 42.5 Å². The fourth-order valence-corrected chi connectivity index (χ4v) is 2.65. The van der Waals surface area contributed by atoms with Crippen molar-refractivity contribution in [2.24, 2.45) is 0 Å². The number of hydrogen-bond acceptors (Lipinski definition) is 2. The summed E-state index contributed by atoms with van der Waals surface area (Å²) in [5.41, 5.74) is 2.85. The molecule has 0 radical (unpaired) electrons. The van der Waals surface area contributed by atoms with Crippen LogP contribution in [0, 0.1) is 13.8 Å². The summed E-state index contributed by atoms with van der Waals surface area (Å²) < 4.78 is 46.5. The standard InChI is InChI=1S/C18H17F3N2O/c1-12-6-5-9-16(13(12)2)24-11-10-23-15-8-4-3-7-14(15)22-17(23)18(19,20)21/h3-9H,10-11H2,1-2H3. The van der Waals surface area contributed by atoms with Crippen LogP contribution in [0.5, 0.6) is 5.75 Å². The van der Waals surface area contributed by atoms with Gasteiger partial charge in [-0.15, -0.1) is 0 Å². The zero-order chi connectivity index (χ0) is 17.3. The third-order valence-corrected chi connectivity index (χ3v) is 4.04. The zero-order valence-electron chi connectivity index (χ0n) is 13.4. The molecule has 1 heterocycles. The highest BCUT2D eigenvalue weighted by Crippen LogP contribution is 2.31. The van der Waals surface area contributed by atoms with Gasteiger partial charge in [0, 0.05) is 0 Å². The number of halogens is 3. The van der Waals surface area contributed by atoms with E-state index in [9.17, 15) is 13.2 Å². The molecule has 0 bridgehead atoms. The van der Waals surface area contributed by atoms with Crippen LogP contribution in [0.25, 0.3) is 11.0 Å². The van der Waals surface area contributed by atoms with E-state index in [4.69, 9.17) is 4.74 Å². The van der Waals surface area contributed by atoms with E-state index in [2.05, 4.69) is 4.98 Å². The maximum absolute atomic E-state index is 13.2. The van der Waals surface area contributed by atoms with Crippen LogP contribution in [0.2, 0.25) is 0 Å². The van der Waals surface area contributed by atoms with E-state index in [1.807, 2.05) is 32.0 Å². The molecule has 0 saturated carbocycles. The van der Waals surface area contributed by atoms with Crippen LogP contribution in [0.1, 0.15) is 17.0 Å². The minimum Gasteiger partial charge on any atom is -0.491 e. The molecule has 0 N–H and O–H groups in total. The van der Waals surface area contributed by atoms with Gasteiger partial charge in [0.15, 0.2) is 0 Å². The first-order chi connectivity index (χ1) is 11.4. The van der Waals surface area contributed by atoms with Crippen LogP contribution in [0.4, 0.5) is 13.2 Å². The molecule has 0 spiro atoms. The number of para-hydroxylation sites is 2. The van der Waals surface area contributed by atoms with Crippen molar-refractivity contribution in [3.05, 3.63) is 59.4 Å². The first-order valence-electron chi connectivity index (χ1n) is 7.59. The van der Waals surface area contributed by atoms with E-state index in [1.165, 1.54) is 4.57 Å². The molecule has 0 aliphatic heterocycles. The van der Waals surface area contributed by atoms with Crippen LogP contribution < -0.4 is 4.74 Å². The lowest BCUT2D eigenvalue weighted by Gasteiger charge is -2.14. The summed E-state index contributed by atoms with van der Waals surface area (Å²) in [5, 5.41) is 0. The zero-order valence-corrected chi connectivity index (χ0v) is 13.4. The molecule has 1 aromatic heterocycles. The second-order valence-electron chi connectivity index (χ2n) is 5.62. The molecular weight excluding hydrogens is 317 g/mol. The summed E-state index contributed by atoms with van der Waals surface area (Å²) in [6.45, 7) is 4.10. The molecular formula is C18H17F3N2O. The summed E-state index contributed by atoms with van der Waals surface area (Å²) in [5.74, 6) is -0.207. The molecule has 0 unspecified atom stereocenters. The molecule has 0 atom stereocenters. The Morgan fingerprint density at radius 2 is 1.79 bits per heavy atom. The number of aromatic nitrogens is 2. The SMILES string of the molecule is Cc1cccc(OCCn2c(C(F)(F)F)nc3ccccc32)c1C. The smallest absolute Gasteiger partial charge is 0.449 e. The summed E-state index contributed by atoms with van der Waals surface area (Å²) in [6, 6.07) is 12.2. The average molecular weight is 334 g/mol. The lowest BCUT2D eigenvalue weighted by molar-refractivity contribution is -0.147. The van der Waals surface area contributed by atoms with Crippen LogP contribution in [-0.2, 0) is 12.7 Å². The van der Waals surface area contributed by atoms with Gasteiger partial charge < -0.3 is 9.30 Å². The fourth-order valence-electron chi connectivity index (χ4n) is 2.65. The number of rotatable bonds is 4. The fraction of sp³-hybridized carbons (Fsp3) is 0.278. The Labute approximate surface area is 137 Å². The Morgan fingerprint density at radius 3 is 2.54 bits per heavy atom. The molecule has 24 heavy (non-hydrogen) atoms. The minimum absolute atomic E-state index is 0.0722. The van der Waals surface area contributed by atoms with E-state index >= 15 is 0 Å². The second kappa shape index (κ2) is 6.19. The highest BCUT2D eigenvalue weighted by molar-refractivity contribution is 5.76. The molecule has 0 aliphatic rings. The lowest BCUT2D eigenvalue weighted by Crippen LogP contribution is -2.18. The van der Waals surface area contributed by atoms with E-state index in [-0.39, 0.29) is 13.2 Å². The van der Waals surface area contributed by atoms with Gasteiger partial charge in [0.2, 0.25) is 5.82 Å². The number of ether oxygens (including phenoxy) is 1. The number of alkyl halides is 3. The van der Waals surface area contributed by atoms with E-state index in [0.29, 0.717) is 16.8 Å². The number of imidazole rings is 1. The van der Waals surface area contributed by atoms with Crippen molar-refractivity contribution in [2.75, 3.05) is 6.61 Å². The highest BCUT2D eigenvalue weighted by Gasteiger charge is 2.37. The first-order valence-corrected chi connectivity index (χ1v) is 7.59. The van der Waals surface area contributed by atoms with Crippen molar-refractivity contribution < 1.29 is 17.9 Å². The molecule has 0 aliphatic carbocycles. The maximum atomic E-state index is 13.2. The van der Waals surface area contributed by atoms with Gasteiger partial charge in [-0.25, -0.2) is 4.98 Å². The largest absolute Gasteiger partial charge is 0.491 e. The van der Waals surface area contributed by atoms with E-state index in [1.54, 1.807) is 24.3 Å². The van der Waals surface area contributed by atoms with Crippen molar-refractivity contribution in [2.45, 2.75) is 26.6 Å². The Balaban J connectivity index is 1.86. The normalized spacial score (nSPS) is 11.9. The van der Waals surface area contributed by atoms with Gasteiger partial charge >= 0.3 is 6.18 Å². The van der Waals surface area contributed by atoms with Crippen LogP contribution in [0.3, 0.4) is 0 Å². The van der Waals surface area contributed by atoms with Gasteiger partial charge in [0.1, 0.15) is 12.4 Å². The van der Waals surface area contributed by atoms with Gasteiger partial charge in [-0.2, -0.15) is 13.2 Å². The molecule has 3 aromatic rings. The number of benzene rings is 2. The highest BCUT2D eigenvalue weighted by atomic mass is 19.4. The maximum Gasteiger partial charge on any atom is 0.449 e. The second-order valence-corrected chi connectivity index (χ2v) is 5.62. The predicted octanol–water partition coefficient (Wildman–Crippen LogP) is 4.75. The number of hydrogen-bond donors (Lipinski definition) is 0. The number of fused-ring (bicyclic) bond motifs is 1. The summed E-state index contributed by atoms with van der Waals surface area (Å²) in [6.07, 6.45) is -4.50. The van der Waals surface area contributed by atoms with Crippen LogP contribution >= 0.6 is 0 Å². The molecule has 6 heteroatoms. The Bertz CT molecular complexity index is 868. The molecule has 0 amide bonds. The minimum atomic E-state index is -4.50. The third-order valence-electron chi connectivity index (χ3n) is 4.04. The third kappa shape index (κ3) is 3.09. The van der Waals surface area contributed by atoms with Crippen molar-refractivity contribution in [3.63, 3.8) is 0 Å². The quantitative estimate of drug-likeness (QED) is 0.688. The molecule has 2 aromatic carbocycles. The average Bonchev–Trinajstić information content (AvgIpc) is 2.91. The summed E-state index contributed by atoms with van der Waals surface area (Å²) in [7, 11) is 0. The molecule has 0 saturated heterocycles. The molecule has 126 valence electrons. The predicted molar refractivity (Wildman–Crippen MR) is 86.1 cm³/mol. The summed E-state index contributed by atoms with van der Waals surface area (Å²) in [4.78, 5) is 3.72. The van der Waals surface area contributed by atoms with Crippen molar-refractivity contribution in [1.82, 2.24) is 9.55 Å². The van der Waals surface area contributed by atoms with Gasteiger partial charge in [0.25, 0.3) is 0 Å². The Kier molecular flexibility index (Phi) is 4.22. The van der Waals surface area contributed by atoms with Gasteiger partial charge in [-0.05, 0) is 43.2 Å². The van der Waals surface area contributed by atoms with E-state index < -0.39 is 12.0 Å². The lowest BCUT2D eigenvalue weighted by atomic mass is 10.1. The Morgan fingerprint density at radius 1 is 1.04 bits per heavy atom. The molecule has 3 rings (SSSR count). The molecule has 3 nitrogen and oxygen atoms in total. The summed E-state index contributed by atoms with van der Waals surface area (Å²) >= 11 is 0. The van der Waals surface area contributed by atoms with Crippen molar-refractivity contribution in [1.29, 1.82) is 0 Å². The van der Waals surface area contributed by atoms with Gasteiger partial charge in [-0.3, -0.25) is 0 Å². The van der Waals surface area contributed by atoms with Crippen molar-refractivity contribution in [3.8, 4) is 5.75 Å². The van der Waals surface area contributed by atoms with Gasteiger partial charge in [0.05, 0.1) is 17.6 Å². The van der Waals surface area contributed by atoms with E-state index in [0.717, 1.165) is 11.1 Å². The number of nitrogens with zero attached hydrogens (tertiary/aromatic N) is 2.